The highest BCUT2D eigenvalue weighted by Crippen LogP contribution is 2.33. The zero-order valence-corrected chi connectivity index (χ0v) is 21.1. The maximum atomic E-state index is 13.9. The summed E-state index contributed by atoms with van der Waals surface area (Å²) in [5.41, 5.74) is 2.82. The van der Waals surface area contributed by atoms with Crippen LogP contribution < -0.4 is 0 Å². The molecule has 10 heteroatoms. The number of rotatable bonds is 4. The zero-order chi connectivity index (χ0) is 24.9. The van der Waals surface area contributed by atoms with Gasteiger partial charge >= 0.3 is 0 Å². The lowest BCUT2D eigenvalue weighted by Gasteiger charge is -2.35. The predicted molar refractivity (Wildman–Crippen MR) is 133 cm³/mol. The van der Waals surface area contributed by atoms with Gasteiger partial charge in [-0.3, -0.25) is 4.79 Å². The van der Waals surface area contributed by atoms with Crippen LogP contribution in [0.1, 0.15) is 41.4 Å². The fourth-order valence-electron chi connectivity index (χ4n) is 5.21. The van der Waals surface area contributed by atoms with E-state index in [2.05, 4.69) is 17.0 Å². The number of nitrogens with zero attached hydrogens (tertiary/aromatic N) is 5. The first-order valence-electron chi connectivity index (χ1n) is 11.9. The first kappa shape index (κ1) is 23.9. The van der Waals surface area contributed by atoms with Crippen LogP contribution in [0.3, 0.4) is 0 Å². The fourth-order valence-corrected chi connectivity index (χ4v) is 6.90. The van der Waals surface area contributed by atoms with Gasteiger partial charge in [-0.2, -0.15) is 5.10 Å². The van der Waals surface area contributed by atoms with Crippen LogP contribution in [0.25, 0.3) is 22.3 Å². The minimum Gasteiger partial charge on any atom is -0.339 e. The van der Waals surface area contributed by atoms with Crippen LogP contribution in [0.15, 0.2) is 30.3 Å². The summed E-state index contributed by atoms with van der Waals surface area (Å²) in [5, 5.41) is 5.31. The van der Waals surface area contributed by atoms with E-state index in [1.807, 2.05) is 18.9 Å². The van der Waals surface area contributed by atoms with Crippen molar-refractivity contribution in [3.05, 3.63) is 47.4 Å². The van der Waals surface area contributed by atoms with Crippen molar-refractivity contribution < 1.29 is 17.6 Å². The highest BCUT2D eigenvalue weighted by molar-refractivity contribution is 7.91. The van der Waals surface area contributed by atoms with Gasteiger partial charge in [-0.25, -0.2) is 22.5 Å². The van der Waals surface area contributed by atoms with E-state index in [9.17, 15) is 17.6 Å². The third kappa shape index (κ3) is 4.56. The predicted octanol–water partition coefficient (Wildman–Crippen LogP) is 3.07. The normalized spacial score (nSPS) is 21.0. The Kier molecular flexibility index (Phi) is 6.13. The Morgan fingerprint density at radius 3 is 2.46 bits per heavy atom. The van der Waals surface area contributed by atoms with Gasteiger partial charge in [-0.1, -0.05) is 0 Å². The number of piperidine rings is 1. The number of pyridine rings is 1. The number of carbonyl (C=O) groups is 1. The molecule has 0 bridgehead atoms. The molecule has 2 aliphatic heterocycles. The Labute approximate surface area is 204 Å². The van der Waals surface area contributed by atoms with Crippen LogP contribution in [0, 0.1) is 12.7 Å². The first-order chi connectivity index (χ1) is 16.6. The van der Waals surface area contributed by atoms with Crippen molar-refractivity contribution in [1.29, 1.82) is 0 Å². The highest BCUT2D eigenvalue weighted by Gasteiger charge is 2.33. The Balaban J connectivity index is 1.64. The molecule has 4 heterocycles. The third-order valence-electron chi connectivity index (χ3n) is 7.32. The van der Waals surface area contributed by atoms with Crippen molar-refractivity contribution in [2.45, 2.75) is 38.3 Å². The minimum absolute atomic E-state index is 0.00441. The Morgan fingerprint density at radius 1 is 1.14 bits per heavy atom. The second-order valence-electron chi connectivity index (χ2n) is 9.80. The molecule has 2 aromatic heterocycles. The largest absolute Gasteiger partial charge is 0.339 e. The van der Waals surface area contributed by atoms with Crippen LogP contribution in [-0.2, 0) is 9.84 Å². The van der Waals surface area contributed by atoms with Crippen molar-refractivity contribution in [2.24, 2.45) is 0 Å². The van der Waals surface area contributed by atoms with E-state index in [1.54, 1.807) is 22.9 Å². The third-order valence-corrected chi connectivity index (χ3v) is 9.07. The molecular weight excluding hydrogens is 469 g/mol. The molecule has 0 unspecified atom stereocenters. The number of likely N-dealkylation sites (tertiary alicyclic amines) is 1. The van der Waals surface area contributed by atoms with Gasteiger partial charge in [0.05, 0.1) is 39.9 Å². The fraction of sp³-hybridized carbons (Fsp3) is 0.480. The van der Waals surface area contributed by atoms with Gasteiger partial charge in [-0.05, 0) is 76.7 Å². The molecule has 1 amide bonds. The average molecular weight is 500 g/mol. The number of aromatic nitrogens is 3. The van der Waals surface area contributed by atoms with Crippen molar-refractivity contribution in [2.75, 3.05) is 38.7 Å². The monoisotopic (exact) mass is 499 g/mol. The van der Waals surface area contributed by atoms with E-state index in [4.69, 9.17) is 4.98 Å². The smallest absolute Gasteiger partial charge is 0.254 e. The number of fused-ring (bicyclic) bond motifs is 1. The Bertz CT molecular complexity index is 1380. The molecule has 0 saturated carbocycles. The van der Waals surface area contributed by atoms with Gasteiger partial charge in [0, 0.05) is 18.7 Å². The summed E-state index contributed by atoms with van der Waals surface area (Å²) < 4.78 is 39.6. The molecule has 35 heavy (non-hydrogen) atoms. The number of amides is 1. The summed E-state index contributed by atoms with van der Waals surface area (Å²) in [4.78, 5) is 22.7. The molecule has 2 saturated heterocycles. The topological polar surface area (TPSA) is 88.4 Å². The van der Waals surface area contributed by atoms with Crippen LogP contribution in [0.5, 0.6) is 0 Å². The van der Waals surface area contributed by atoms with Gasteiger partial charge in [0.25, 0.3) is 5.91 Å². The lowest BCUT2D eigenvalue weighted by Crippen LogP contribution is -2.44. The van der Waals surface area contributed by atoms with Crippen molar-refractivity contribution in [3.8, 4) is 11.3 Å². The van der Waals surface area contributed by atoms with E-state index < -0.39 is 9.84 Å². The highest BCUT2D eigenvalue weighted by atomic mass is 32.2. The summed E-state index contributed by atoms with van der Waals surface area (Å²) >= 11 is 0. The molecule has 2 aliphatic rings. The second kappa shape index (κ2) is 8.98. The SMILES string of the molecule is Cc1nn([C@@H]2CCS(=O)(=O)C2)c2nc(-c3ccc(F)cc3)cc(C(=O)N(C)C3CCN(C)CC3)c12. The molecule has 0 aliphatic carbocycles. The van der Waals surface area contributed by atoms with E-state index in [-0.39, 0.29) is 35.3 Å². The molecule has 0 spiro atoms. The van der Waals surface area contributed by atoms with Gasteiger partial charge in [-0.15, -0.1) is 0 Å². The molecule has 186 valence electrons. The summed E-state index contributed by atoms with van der Waals surface area (Å²) in [6.45, 7) is 3.69. The van der Waals surface area contributed by atoms with E-state index in [0.717, 1.165) is 25.9 Å². The second-order valence-corrected chi connectivity index (χ2v) is 12.0. The van der Waals surface area contributed by atoms with Crippen LogP contribution in [0.2, 0.25) is 0 Å². The summed E-state index contributed by atoms with van der Waals surface area (Å²) in [6, 6.07) is 7.54. The van der Waals surface area contributed by atoms with Gasteiger partial charge in [0.2, 0.25) is 0 Å². The number of hydrogen-bond acceptors (Lipinski definition) is 6. The molecule has 8 nitrogen and oxygen atoms in total. The summed E-state index contributed by atoms with van der Waals surface area (Å²) in [5.74, 6) is -0.354. The molecule has 5 rings (SSSR count). The standard InChI is InChI=1S/C25H30FN5O3S/c1-16-23-21(25(32)30(3)19-8-11-29(2)12-9-19)14-22(17-4-6-18(26)7-5-17)27-24(23)31(28-16)20-10-13-35(33,34)15-20/h4-7,14,19-20H,8-13,15H2,1-3H3/t20-/m1/s1. The first-order valence-corrected chi connectivity index (χ1v) is 13.8. The quantitative estimate of drug-likeness (QED) is 0.548. The molecule has 1 aromatic carbocycles. The number of carbonyl (C=O) groups excluding carboxylic acids is 1. The van der Waals surface area contributed by atoms with Crippen LogP contribution in [-0.4, -0.2) is 83.6 Å². The van der Waals surface area contributed by atoms with Crippen molar-refractivity contribution in [3.63, 3.8) is 0 Å². The van der Waals surface area contributed by atoms with E-state index >= 15 is 0 Å². The molecule has 0 N–H and O–H groups in total. The van der Waals surface area contributed by atoms with Crippen LogP contribution >= 0.6 is 0 Å². The zero-order valence-electron chi connectivity index (χ0n) is 20.2. The molecule has 0 radical (unpaired) electrons. The average Bonchev–Trinajstić information content (AvgIpc) is 3.37. The maximum absolute atomic E-state index is 13.9. The minimum atomic E-state index is -3.14. The lowest BCUT2D eigenvalue weighted by atomic mass is 10.0. The summed E-state index contributed by atoms with van der Waals surface area (Å²) in [7, 11) is 0.784. The number of sulfone groups is 1. The molecule has 3 aromatic rings. The maximum Gasteiger partial charge on any atom is 0.254 e. The molecule has 1 atom stereocenters. The molecule has 2 fully saturated rings. The van der Waals surface area contributed by atoms with E-state index in [1.165, 1.54) is 12.1 Å². The number of benzene rings is 1. The number of hydrogen-bond donors (Lipinski definition) is 0. The summed E-state index contributed by atoms with van der Waals surface area (Å²) in [6.07, 6.45) is 2.26. The van der Waals surface area contributed by atoms with Crippen molar-refractivity contribution >= 4 is 26.8 Å². The van der Waals surface area contributed by atoms with E-state index in [0.29, 0.717) is 40.0 Å². The van der Waals surface area contributed by atoms with Gasteiger partial charge in [0.1, 0.15) is 5.82 Å². The van der Waals surface area contributed by atoms with Gasteiger partial charge in [0.15, 0.2) is 15.5 Å². The number of aryl methyl sites for hydroxylation is 1. The number of halogens is 1. The van der Waals surface area contributed by atoms with Gasteiger partial charge < -0.3 is 9.80 Å². The Hall–Kier alpha value is -2.85. The van der Waals surface area contributed by atoms with Crippen LogP contribution in [0.4, 0.5) is 4.39 Å². The van der Waals surface area contributed by atoms with Crippen molar-refractivity contribution in [1.82, 2.24) is 24.6 Å². The molecular formula is C25H30FN5O3S. The lowest BCUT2D eigenvalue weighted by molar-refractivity contribution is 0.0661. The Morgan fingerprint density at radius 2 is 1.83 bits per heavy atom.